The molecule has 0 spiro atoms. The highest BCUT2D eigenvalue weighted by atomic mass is 14.9. The van der Waals surface area contributed by atoms with E-state index in [0.29, 0.717) is 0 Å². The third-order valence-electron chi connectivity index (χ3n) is 8.75. The summed E-state index contributed by atoms with van der Waals surface area (Å²) < 4.78 is 2.36. The molecule has 200 valence electrons. The van der Waals surface area contributed by atoms with E-state index in [-0.39, 0.29) is 0 Å². The second-order valence-electron chi connectivity index (χ2n) is 11.1. The standard InChI is InChI=1S/C40H25N3/c1-3-7-26(8-4-1)28-11-15-30(16-12-28)34-23-35(31-17-13-29(14-18-31)27-9-5-2-6-10-27)39-33-20-22-42-25-37(33)43-36-24-41-21-19-32(36)38(34)40(39)43/h1-25H. The molecule has 5 aromatic carbocycles. The summed E-state index contributed by atoms with van der Waals surface area (Å²) in [6.45, 7) is 0. The maximum atomic E-state index is 4.54. The molecule has 3 heteroatoms. The predicted octanol–water partition coefficient (Wildman–Crippen LogP) is 10.3. The van der Waals surface area contributed by atoms with Gasteiger partial charge in [0.15, 0.2) is 0 Å². The first-order valence-electron chi connectivity index (χ1n) is 14.6. The first-order chi connectivity index (χ1) is 21.3. The molecule has 0 saturated heterocycles. The molecule has 0 aliphatic carbocycles. The summed E-state index contributed by atoms with van der Waals surface area (Å²) in [7, 11) is 0. The molecule has 0 bridgehead atoms. The average molecular weight is 548 g/mol. The number of benzene rings is 5. The van der Waals surface area contributed by atoms with Crippen LogP contribution in [0.4, 0.5) is 0 Å². The zero-order valence-electron chi connectivity index (χ0n) is 23.3. The van der Waals surface area contributed by atoms with Gasteiger partial charge in [0, 0.05) is 33.9 Å². The molecule has 0 amide bonds. The number of fused-ring (bicyclic) bond motifs is 6. The van der Waals surface area contributed by atoms with Crippen LogP contribution in [-0.2, 0) is 0 Å². The average Bonchev–Trinajstić information content (AvgIpc) is 3.62. The Balaban J connectivity index is 1.35. The van der Waals surface area contributed by atoms with Gasteiger partial charge in [-0.3, -0.25) is 9.97 Å². The molecule has 0 aliphatic heterocycles. The molecule has 0 unspecified atom stereocenters. The minimum absolute atomic E-state index is 1.10. The van der Waals surface area contributed by atoms with E-state index in [1.807, 2.05) is 24.8 Å². The fourth-order valence-electron chi connectivity index (χ4n) is 6.76. The molecule has 0 atom stereocenters. The van der Waals surface area contributed by atoms with Crippen LogP contribution in [0.3, 0.4) is 0 Å². The van der Waals surface area contributed by atoms with Gasteiger partial charge in [0.05, 0.1) is 28.9 Å². The van der Waals surface area contributed by atoms with Crippen LogP contribution < -0.4 is 0 Å². The van der Waals surface area contributed by atoms with Crippen molar-refractivity contribution in [2.45, 2.75) is 0 Å². The van der Waals surface area contributed by atoms with Gasteiger partial charge in [0.25, 0.3) is 0 Å². The van der Waals surface area contributed by atoms with E-state index in [1.165, 1.54) is 71.6 Å². The Kier molecular flexibility index (Phi) is 5.20. The highest BCUT2D eigenvalue weighted by Crippen LogP contribution is 2.47. The molecular weight excluding hydrogens is 522 g/mol. The zero-order chi connectivity index (χ0) is 28.3. The Hall–Kier alpha value is -5.80. The summed E-state index contributed by atoms with van der Waals surface area (Å²) in [5.74, 6) is 0. The smallest absolute Gasteiger partial charge is 0.0725 e. The Morgan fingerprint density at radius 2 is 0.791 bits per heavy atom. The molecule has 0 radical (unpaired) electrons. The maximum absolute atomic E-state index is 4.54. The largest absolute Gasteiger partial charge is 0.305 e. The molecule has 9 rings (SSSR count). The monoisotopic (exact) mass is 547 g/mol. The summed E-state index contributed by atoms with van der Waals surface area (Å²) >= 11 is 0. The molecule has 3 nitrogen and oxygen atoms in total. The van der Waals surface area contributed by atoms with Crippen molar-refractivity contribution in [3.05, 3.63) is 152 Å². The van der Waals surface area contributed by atoms with Crippen molar-refractivity contribution in [3.8, 4) is 44.5 Å². The van der Waals surface area contributed by atoms with Crippen molar-refractivity contribution in [2.24, 2.45) is 0 Å². The van der Waals surface area contributed by atoms with E-state index in [4.69, 9.17) is 0 Å². The minimum atomic E-state index is 1.10. The summed E-state index contributed by atoms with van der Waals surface area (Å²) in [6, 6.07) is 45.8. The molecule has 0 saturated carbocycles. The Morgan fingerprint density at radius 3 is 1.23 bits per heavy atom. The molecule has 9 aromatic rings. The molecule has 0 fully saturated rings. The van der Waals surface area contributed by atoms with Gasteiger partial charge in [-0.2, -0.15) is 0 Å². The van der Waals surface area contributed by atoms with Crippen LogP contribution in [0.5, 0.6) is 0 Å². The maximum Gasteiger partial charge on any atom is 0.0725 e. The number of pyridine rings is 2. The van der Waals surface area contributed by atoms with E-state index in [0.717, 1.165) is 11.0 Å². The lowest BCUT2D eigenvalue weighted by Crippen LogP contribution is -1.87. The molecule has 0 aliphatic rings. The summed E-state index contributed by atoms with van der Waals surface area (Å²) in [6.07, 6.45) is 7.77. The SMILES string of the molecule is c1ccc(-c2ccc(-c3cc(-c4ccc(-c5ccccc5)cc4)c4c5ccncc5n5c6cnccc6c3c45)cc2)cc1. The third kappa shape index (κ3) is 3.62. The zero-order valence-corrected chi connectivity index (χ0v) is 23.3. The summed E-state index contributed by atoms with van der Waals surface area (Å²) in [4.78, 5) is 9.08. The quantitative estimate of drug-likeness (QED) is 0.219. The molecule has 4 heterocycles. The molecule has 0 N–H and O–H groups in total. The van der Waals surface area contributed by atoms with Gasteiger partial charge in [0.2, 0.25) is 0 Å². The van der Waals surface area contributed by atoms with Crippen LogP contribution in [0.1, 0.15) is 0 Å². The van der Waals surface area contributed by atoms with Crippen LogP contribution in [0.25, 0.3) is 82.6 Å². The van der Waals surface area contributed by atoms with Crippen molar-refractivity contribution < 1.29 is 0 Å². The summed E-state index contributed by atoms with van der Waals surface area (Å²) in [5.41, 5.74) is 13.1. The van der Waals surface area contributed by atoms with Crippen LogP contribution in [0, 0.1) is 0 Å². The van der Waals surface area contributed by atoms with Crippen molar-refractivity contribution in [3.63, 3.8) is 0 Å². The van der Waals surface area contributed by atoms with Crippen molar-refractivity contribution in [2.75, 3.05) is 0 Å². The highest BCUT2D eigenvalue weighted by molar-refractivity contribution is 6.30. The second-order valence-corrected chi connectivity index (χ2v) is 11.1. The van der Waals surface area contributed by atoms with Crippen LogP contribution in [0.15, 0.2) is 152 Å². The number of hydrogen-bond donors (Lipinski definition) is 0. The molecular formula is C40H25N3. The lowest BCUT2D eigenvalue weighted by Gasteiger charge is -2.13. The van der Waals surface area contributed by atoms with Gasteiger partial charge < -0.3 is 4.40 Å². The number of nitrogens with zero attached hydrogens (tertiary/aromatic N) is 3. The van der Waals surface area contributed by atoms with Gasteiger partial charge in [-0.1, -0.05) is 109 Å². The van der Waals surface area contributed by atoms with E-state index in [2.05, 4.69) is 142 Å². The third-order valence-corrected chi connectivity index (χ3v) is 8.75. The van der Waals surface area contributed by atoms with Gasteiger partial charge in [-0.25, -0.2) is 0 Å². The lowest BCUT2D eigenvalue weighted by molar-refractivity contribution is 1.27. The van der Waals surface area contributed by atoms with Gasteiger partial charge in [-0.05, 0) is 62.7 Å². The summed E-state index contributed by atoms with van der Waals surface area (Å²) in [5, 5.41) is 4.91. The Morgan fingerprint density at radius 1 is 0.395 bits per heavy atom. The van der Waals surface area contributed by atoms with Gasteiger partial charge >= 0.3 is 0 Å². The van der Waals surface area contributed by atoms with E-state index in [9.17, 15) is 0 Å². The number of aromatic nitrogens is 3. The second kappa shape index (κ2) is 9.37. The fraction of sp³-hybridized carbons (Fsp3) is 0. The van der Waals surface area contributed by atoms with E-state index in [1.54, 1.807) is 0 Å². The normalized spacial score (nSPS) is 11.7. The number of hydrogen-bond acceptors (Lipinski definition) is 2. The van der Waals surface area contributed by atoms with Gasteiger partial charge in [0.1, 0.15) is 0 Å². The van der Waals surface area contributed by atoms with Crippen molar-refractivity contribution in [1.82, 2.24) is 14.4 Å². The Bertz CT molecular complexity index is 2240. The van der Waals surface area contributed by atoms with Gasteiger partial charge in [-0.15, -0.1) is 0 Å². The predicted molar refractivity (Wildman–Crippen MR) is 178 cm³/mol. The van der Waals surface area contributed by atoms with E-state index < -0.39 is 0 Å². The molecule has 4 aromatic heterocycles. The van der Waals surface area contributed by atoms with Crippen molar-refractivity contribution >= 4 is 38.1 Å². The first-order valence-corrected chi connectivity index (χ1v) is 14.6. The van der Waals surface area contributed by atoms with Crippen LogP contribution >= 0.6 is 0 Å². The van der Waals surface area contributed by atoms with Crippen LogP contribution in [-0.4, -0.2) is 14.4 Å². The fourth-order valence-corrected chi connectivity index (χ4v) is 6.76. The number of rotatable bonds is 4. The Labute approximate surface area is 248 Å². The minimum Gasteiger partial charge on any atom is -0.305 e. The lowest BCUT2D eigenvalue weighted by atomic mass is 9.90. The van der Waals surface area contributed by atoms with Crippen molar-refractivity contribution in [1.29, 1.82) is 0 Å². The highest BCUT2D eigenvalue weighted by Gasteiger charge is 2.24. The molecule has 43 heavy (non-hydrogen) atoms. The topological polar surface area (TPSA) is 30.2 Å². The first kappa shape index (κ1) is 23.9. The van der Waals surface area contributed by atoms with E-state index >= 15 is 0 Å². The van der Waals surface area contributed by atoms with Crippen LogP contribution in [0.2, 0.25) is 0 Å².